The van der Waals surface area contributed by atoms with Gasteiger partial charge in [0, 0.05) is 25.1 Å². The first-order valence-electron chi connectivity index (χ1n) is 6.87. The Labute approximate surface area is 99.5 Å². The number of hydrogen-bond acceptors (Lipinski definition) is 3. The molecule has 94 valence electrons. The number of ether oxygens (including phenoxy) is 1. The van der Waals surface area contributed by atoms with Gasteiger partial charge in [0.15, 0.2) is 0 Å². The molecule has 2 unspecified atom stereocenters. The van der Waals surface area contributed by atoms with E-state index >= 15 is 0 Å². The molecule has 2 fully saturated rings. The highest BCUT2D eigenvalue weighted by Crippen LogP contribution is 2.18. The van der Waals surface area contributed by atoms with Gasteiger partial charge in [0.05, 0.1) is 6.61 Å². The summed E-state index contributed by atoms with van der Waals surface area (Å²) in [5.41, 5.74) is 0. The van der Waals surface area contributed by atoms with Crippen molar-refractivity contribution < 1.29 is 4.74 Å². The third kappa shape index (κ3) is 3.44. The lowest BCUT2D eigenvalue weighted by molar-refractivity contribution is 0.164. The van der Waals surface area contributed by atoms with Gasteiger partial charge in [0.2, 0.25) is 0 Å². The second-order valence-electron chi connectivity index (χ2n) is 5.23. The number of nitrogens with zero attached hydrogens (tertiary/aromatic N) is 1. The average molecular weight is 226 g/mol. The molecule has 2 rings (SSSR count). The Morgan fingerprint density at radius 3 is 2.56 bits per heavy atom. The number of likely N-dealkylation sites (tertiary alicyclic amines) is 1. The molecule has 0 spiro atoms. The van der Waals surface area contributed by atoms with Gasteiger partial charge in [-0.3, -0.25) is 0 Å². The summed E-state index contributed by atoms with van der Waals surface area (Å²) in [6, 6.07) is 0.626. The number of nitrogens with one attached hydrogen (secondary N) is 1. The van der Waals surface area contributed by atoms with Crippen molar-refractivity contribution >= 4 is 0 Å². The van der Waals surface area contributed by atoms with Gasteiger partial charge in [0.1, 0.15) is 0 Å². The smallest absolute Gasteiger partial charge is 0.0510 e. The van der Waals surface area contributed by atoms with E-state index in [9.17, 15) is 0 Å². The molecule has 0 aromatic rings. The minimum Gasteiger partial charge on any atom is -0.381 e. The Bertz CT molecular complexity index is 184. The SMILES string of the molecule is CNC(CN1CCCCCC1)C1CCOC1. The zero-order valence-electron chi connectivity index (χ0n) is 10.6. The fourth-order valence-corrected chi connectivity index (χ4v) is 2.94. The largest absolute Gasteiger partial charge is 0.381 e. The first kappa shape index (κ1) is 12.3. The Kier molecular flexibility index (Phi) is 5.07. The van der Waals surface area contributed by atoms with Crippen molar-refractivity contribution in [1.82, 2.24) is 10.2 Å². The second kappa shape index (κ2) is 6.58. The number of rotatable bonds is 4. The summed E-state index contributed by atoms with van der Waals surface area (Å²) >= 11 is 0. The highest BCUT2D eigenvalue weighted by Gasteiger charge is 2.26. The third-order valence-corrected chi connectivity index (χ3v) is 4.06. The van der Waals surface area contributed by atoms with E-state index < -0.39 is 0 Å². The van der Waals surface area contributed by atoms with E-state index in [1.54, 1.807) is 0 Å². The van der Waals surface area contributed by atoms with Crippen LogP contribution in [-0.2, 0) is 4.74 Å². The highest BCUT2D eigenvalue weighted by atomic mass is 16.5. The highest BCUT2D eigenvalue weighted by molar-refractivity contribution is 4.81. The molecule has 2 atom stereocenters. The van der Waals surface area contributed by atoms with Crippen LogP contribution in [0.3, 0.4) is 0 Å². The molecule has 2 heterocycles. The van der Waals surface area contributed by atoms with Gasteiger partial charge in [-0.15, -0.1) is 0 Å². The lowest BCUT2D eigenvalue weighted by atomic mass is 9.98. The van der Waals surface area contributed by atoms with Crippen molar-refractivity contribution in [1.29, 1.82) is 0 Å². The Balaban J connectivity index is 1.79. The van der Waals surface area contributed by atoms with E-state index in [0.29, 0.717) is 6.04 Å². The lowest BCUT2D eigenvalue weighted by Gasteiger charge is -2.29. The van der Waals surface area contributed by atoms with E-state index in [2.05, 4.69) is 17.3 Å². The number of hydrogen-bond donors (Lipinski definition) is 1. The maximum Gasteiger partial charge on any atom is 0.0510 e. The molecule has 0 aromatic heterocycles. The summed E-state index contributed by atoms with van der Waals surface area (Å²) in [5.74, 6) is 0.730. The molecular formula is C13H26N2O. The van der Waals surface area contributed by atoms with Crippen LogP contribution in [0.1, 0.15) is 32.1 Å². The summed E-state index contributed by atoms with van der Waals surface area (Å²) in [5, 5.41) is 3.49. The van der Waals surface area contributed by atoms with Crippen LogP contribution < -0.4 is 5.32 Å². The van der Waals surface area contributed by atoms with E-state index in [-0.39, 0.29) is 0 Å². The molecule has 0 amide bonds. The topological polar surface area (TPSA) is 24.5 Å². The van der Waals surface area contributed by atoms with Gasteiger partial charge in [-0.25, -0.2) is 0 Å². The fraction of sp³-hybridized carbons (Fsp3) is 1.00. The maximum absolute atomic E-state index is 5.50. The lowest BCUT2D eigenvalue weighted by Crippen LogP contribution is -2.44. The first-order chi connectivity index (χ1) is 7.90. The number of likely N-dealkylation sites (N-methyl/N-ethyl adjacent to an activating group) is 1. The maximum atomic E-state index is 5.50. The summed E-state index contributed by atoms with van der Waals surface area (Å²) < 4.78 is 5.50. The van der Waals surface area contributed by atoms with Crippen LogP contribution in [0, 0.1) is 5.92 Å². The van der Waals surface area contributed by atoms with Gasteiger partial charge in [-0.2, -0.15) is 0 Å². The third-order valence-electron chi connectivity index (χ3n) is 4.06. The van der Waals surface area contributed by atoms with Gasteiger partial charge in [-0.1, -0.05) is 12.8 Å². The Hall–Kier alpha value is -0.120. The van der Waals surface area contributed by atoms with Crippen LogP contribution in [0.15, 0.2) is 0 Å². The molecule has 0 bridgehead atoms. The van der Waals surface area contributed by atoms with Crippen molar-refractivity contribution in [2.45, 2.75) is 38.1 Å². The molecule has 16 heavy (non-hydrogen) atoms. The molecule has 3 heteroatoms. The van der Waals surface area contributed by atoms with Crippen molar-refractivity contribution in [3.05, 3.63) is 0 Å². The molecular weight excluding hydrogens is 200 g/mol. The fourth-order valence-electron chi connectivity index (χ4n) is 2.94. The molecule has 1 N–H and O–H groups in total. The molecule has 2 saturated heterocycles. The summed E-state index contributed by atoms with van der Waals surface area (Å²) in [4.78, 5) is 2.65. The molecule has 2 aliphatic rings. The molecule has 0 saturated carbocycles. The normalized spacial score (nSPS) is 30.2. The van der Waals surface area contributed by atoms with Gasteiger partial charge >= 0.3 is 0 Å². The summed E-state index contributed by atoms with van der Waals surface area (Å²) in [7, 11) is 2.10. The van der Waals surface area contributed by atoms with Crippen LogP contribution in [0.2, 0.25) is 0 Å². The monoisotopic (exact) mass is 226 g/mol. The molecule has 0 radical (unpaired) electrons. The van der Waals surface area contributed by atoms with E-state index in [1.165, 1.54) is 51.7 Å². The van der Waals surface area contributed by atoms with Crippen LogP contribution in [0.25, 0.3) is 0 Å². The average Bonchev–Trinajstić information content (AvgIpc) is 2.71. The van der Waals surface area contributed by atoms with Crippen LogP contribution in [0.4, 0.5) is 0 Å². The van der Waals surface area contributed by atoms with Crippen molar-refractivity contribution in [3.63, 3.8) is 0 Å². The van der Waals surface area contributed by atoms with E-state index in [4.69, 9.17) is 4.74 Å². The van der Waals surface area contributed by atoms with Crippen molar-refractivity contribution in [2.24, 2.45) is 5.92 Å². The van der Waals surface area contributed by atoms with Gasteiger partial charge < -0.3 is 15.0 Å². The van der Waals surface area contributed by atoms with Crippen molar-refractivity contribution in [2.75, 3.05) is 39.9 Å². The van der Waals surface area contributed by atoms with Gasteiger partial charge in [-0.05, 0) is 39.4 Å². The molecule has 0 aliphatic carbocycles. The van der Waals surface area contributed by atoms with Gasteiger partial charge in [0.25, 0.3) is 0 Å². The Morgan fingerprint density at radius 1 is 1.25 bits per heavy atom. The zero-order valence-corrected chi connectivity index (χ0v) is 10.6. The summed E-state index contributed by atoms with van der Waals surface area (Å²) in [6.07, 6.45) is 6.86. The van der Waals surface area contributed by atoms with Crippen LogP contribution in [-0.4, -0.2) is 50.8 Å². The van der Waals surface area contributed by atoms with E-state index in [1.807, 2.05) is 0 Å². The predicted octanol–water partition coefficient (Wildman–Crippen LogP) is 1.49. The predicted molar refractivity (Wildman–Crippen MR) is 66.7 cm³/mol. The first-order valence-corrected chi connectivity index (χ1v) is 6.87. The standard InChI is InChI=1S/C13H26N2O/c1-14-13(12-6-9-16-11-12)10-15-7-4-2-3-5-8-15/h12-14H,2-11H2,1H3. The molecule has 2 aliphatic heterocycles. The quantitative estimate of drug-likeness (QED) is 0.786. The van der Waals surface area contributed by atoms with E-state index in [0.717, 1.165) is 19.1 Å². The summed E-state index contributed by atoms with van der Waals surface area (Å²) in [6.45, 7) is 5.73. The second-order valence-corrected chi connectivity index (χ2v) is 5.23. The van der Waals surface area contributed by atoms with Crippen molar-refractivity contribution in [3.8, 4) is 0 Å². The minimum atomic E-state index is 0.626. The Morgan fingerprint density at radius 2 is 2.00 bits per heavy atom. The molecule has 3 nitrogen and oxygen atoms in total. The molecule has 0 aromatic carbocycles. The van der Waals surface area contributed by atoms with Crippen LogP contribution >= 0.6 is 0 Å². The minimum absolute atomic E-state index is 0.626. The van der Waals surface area contributed by atoms with Crippen LogP contribution in [0.5, 0.6) is 0 Å². The zero-order chi connectivity index (χ0) is 11.2.